The lowest BCUT2D eigenvalue weighted by atomic mass is 9.64. The first kappa shape index (κ1) is 13.6. The Balaban J connectivity index is 2.12. The zero-order valence-corrected chi connectivity index (χ0v) is 13.1. The number of imidazole rings is 1. The van der Waals surface area contributed by atoms with Crippen LogP contribution >= 0.6 is 12.2 Å². The molecule has 2 unspecified atom stereocenters. The molecule has 1 heterocycles. The molecular formula is C15H20N2O2S. The van der Waals surface area contributed by atoms with Gasteiger partial charge in [0.05, 0.1) is 24.2 Å². The molecule has 108 valence electrons. The molecule has 2 aromatic rings. The van der Waals surface area contributed by atoms with Gasteiger partial charge in [0.15, 0.2) is 4.77 Å². The Hall–Kier alpha value is -1.33. The molecule has 0 amide bonds. The van der Waals surface area contributed by atoms with Crippen LogP contribution in [0.2, 0.25) is 0 Å². The van der Waals surface area contributed by atoms with Gasteiger partial charge < -0.3 is 19.0 Å². The van der Waals surface area contributed by atoms with Gasteiger partial charge in [-0.1, -0.05) is 13.8 Å². The molecule has 1 N–H and O–H groups in total. The van der Waals surface area contributed by atoms with Crippen molar-refractivity contribution in [1.82, 2.24) is 9.55 Å². The van der Waals surface area contributed by atoms with E-state index >= 15 is 0 Å². The highest BCUT2D eigenvalue weighted by Crippen LogP contribution is 2.52. The van der Waals surface area contributed by atoms with Gasteiger partial charge in [0.1, 0.15) is 5.75 Å². The molecule has 0 bridgehead atoms. The molecule has 0 saturated heterocycles. The summed E-state index contributed by atoms with van der Waals surface area (Å²) in [5, 5.41) is 0. The maximum Gasteiger partial charge on any atom is 0.178 e. The van der Waals surface area contributed by atoms with E-state index in [1.54, 1.807) is 14.2 Å². The fraction of sp³-hybridized carbons (Fsp3) is 0.533. The molecule has 2 atom stereocenters. The third kappa shape index (κ3) is 1.80. The Labute approximate surface area is 123 Å². The van der Waals surface area contributed by atoms with Crippen LogP contribution in [0.15, 0.2) is 18.2 Å². The van der Waals surface area contributed by atoms with E-state index in [-0.39, 0.29) is 11.5 Å². The standard InChI is InChI=1S/C15H20N2O2S/c1-15(2)12(8-13(15)19-4)17-11-7-9(18-3)5-6-10(11)16-14(17)20/h5-7,12-13H,8H2,1-4H3,(H,16,20). The highest BCUT2D eigenvalue weighted by atomic mass is 32.1. The summed E-state index contributed by atoms with van der Waals surface area (Å²) >= 11 is 5.51. The van der Waals surface area contributed by atoms with Gasteiger partial charge in [-0.3, -0.25) is 0 Å². The van der Waals surface area contributed by atoms with Gasteiger partial charge in [0, 0.05) is 24.6 Å². The van der Waals surface area contributed by atoms with E-state index in [2.05, 4.69) is 23.4 Å². The van der Waals surface area contributed by atoms with Crippen LogP contribution in [0.25, 0.3) is 11.0 Å². The predicted molar refractivity (Wildman–Crippen MR) is 81.9 cm³/mol. The number of ether oxygens (including phenoxy) is 2. The van der Waals surface area contributed by atoms with Crippen LogP contribution in [-0.4, -0.2) is 29.9 Å². The molecule has 3 rings (SSSR count). The Morgan fingerprint density at radius 1 is 1.35 bits per heavy atom. The van der Waals surface area contributed by atoms with Crippen LogP contribution in [0.1, 0.15) is 26.3 Å². The molecule has 1 saturated carbocycles. The van der Waals surface area contributed by atoms with Gasteiger partial charge in [-0.05, 0) is 30.8 Å². The summed E-state index contributed by atoms with van der Waals surface area (Å²) in [4.78, 5) is 3.28. The smallest absolute Gasteiger partial charge is 0.178 e. The van der Waals surface area contributed by atoms with Crippen LogP contribution in [0, 0.1) is 10.2 Å². The molecule has 1 aromatic carbocycles. The highest BCUT2D eigenvalue weighted by Gasteiger charge is 2.50. The zero-order chi connectivity index (χ0) is 14.5. The lowest BCUT2D eigenvalue weighted by Crippen LogP contribution is -2.51. The number of aromatic nitrogens is 2. The van der Waals surface area contributed by atoms with Crippen molar-refractivity contribution < 1.29 is 9.47 Å². The summed E-state index contributed by atoms with van der Waals surface area (Å²) < 4.78 is 13.8. The molecule has 0 radical (unpaired) electrons. The number of nitrogens with zero attached hydrogens (tertiary/aromatic N) is 1. The number of hydrogen-bond donors (Lipinski definition) is 1. The highest BCUT2D eigenvalue weighted by molar-refractivity contribution is 7.71. The summed E-state index contributed by atoms with van der Waals surface area (Å²) in [7, 11) is 3.46. The quantitative estimate of drug-likeness (QED) is 0.877. The SMILES string of the molecule is COc1ccc2[nH]c(=S)n(C3CC(OC)C3(C)C)c2c1. The van der Waals surface area contributed by atoms with Crippen molar-refractivity contribution in [2.75, 3.05) is 14.2 Å². The fourth-order valence-electron chi connectivity index (χ4n) is 3.24. The van der Waals surface area contributed by atoms with E-state index in [0.29, 0.717) is 6.04 Å². The number of methoxy groups -OCH3 is 2. The maximum absolute atomic E-state index is 5.54. The molecule has 1 fully saturated rings. The van der Waals surface area contributed by atoms with Crippen LogP contribution in [-0.2, 0) is 4.74 Å². The second kappa shape index (κ2) is 4.60. The summed E-state index contributed by atoms with van der Waals surface area (Å²) in [6.07, 6.45) is 1.27. The number of aromatic amines is 1. The van der Waals surface area contributed by atoms with E-state index in [1.165, 1.54) is 0 Å². The van der Waals surface area contributed by atoms with Crippen LogP contribution in [0.3, 0.4) is 0 Å². The first-order valence-corrected chi connectivity index (χ1v) is 7.21. The van der Waals surface area contributed by atoms with E-state index in [9.17, 15) is 0 Å². The van der Waals surface area contributed by atoms with Crippen molar-refractivity contribution >= 4 is 23.3 Å². The van der Waals surface area contributed by atoms with Gasteiger partial charge in [-0.15, -0.1) is 0 Å². The minimum atomic E-state index is 0.0746. The minimum absolute atomic E-state index is 0.0746. The third-order valence-electron chi connectivity index (χ3n) is 4.65. The Bertz CT molecular complexity index is 701. The van der Waals surface area contributed by atoms with Gasteiger partial charge in [0.25, 0.3) is 0 Å². The van der Waals surface area contributed by atoms with Crippen molar-refractivity contribution in [2.24, 2.45) is 5.41 Å². The minimum Gasteiger partial charge on any atom is -0.497 e. The fourth-order valence-corrected chi connectivity index (χ4v) is 3.58. The average molecular weight is 292 g/mol. The molecule has 1 aliphatic rings. The lowest BCUT2D eigenvalue weighted by Gasteiger charge is -2.51. The number of rotatable bonds is 3. The van der Waals surface area contributed by atoms with Crippen molar-refractivity contribution in [3.05, 3.63) is 23.0 Å². The van der Waals surface area contributed by atoms with E-state index in [1.807, 2.05) is 18.2 Å². The van der Waals surface area contributed by atoms with E-state index < -0.39 is 0 Å². The Morgan fingerprint density at radius 2 is 2.10 bits per heavy atom. The Morgan fingerprint density at radius 3 is 2.70 bits per heavy atom. The van der Waals surface area contributed by atoms with Crippen molar-refractivity contribution in [1.29, 1.82) is 0 Å². The van der Waals surface area contributed by atoms with Crippen molar-refractivity contribution in [2.45, 2.75) is 32.4 Å². The molecule has 0 aliphatic heterocycles. The van der Waals surface area contributed by atoms with Gasteiger partial charge in [-0.25, -0.2) is 0 Å². The van der Waals surface area contributed by atoms with E-state index in [0.717, 1.165) is 28.0 Å². The monoisotopic (exact) mass is 292 g/mol. The summed E-state index contributed by atoms with van der Waals surface area (Å²) in [5.74, 6) is 0.848. The van der Waals surface area contributed by atoms with Gasteiger partial charge >= 0.3 is 0 Å². The molecule has 0 spiro atoms. The number of fused-ring (bicyclic) bond motifs is 1. The largest absolute Gasteiger partial charge is 0.497 e. The van der Waals surface area contributed by atoms with Crippen LogP contribution in [0.4, 0.5) is 0 Å². The summed E-state index contributed by atoms with van der Waals surface area (Å²) in [6.45, 7) is 4.46. The van der Waals surface area contributed by atoms with E-state index in [4.69, 9.17) is 21.7 Å². The number of nitrogens with one attached hydrogen (secondary N) is 1. The first-order chi connectivity index (χ1) is 9.48. The molecular weight excluding hydrogens is 272 g/mol. The maximum atomic E-state index is 5.54. The van der Waals surface area contributed by atoms with Gasteiger partial charge in [-0.2, -0.15) is 0 Å². The normalized spacial score (nSPS) is 24.6. The van der Waals surface area contributed by atoms with Crippen molar-refractivity contribution in [3.63, 3.8) is 0 Å². The Kier molecular flexibility index (Phi) is 3.14. The zero-order valence-electron chi connectivity index (χ0n) is 12.3. The molecule has 1 aliphatic carbocycles. The molecule has 5 heteroatoms. The third-order valence-corrected chi connectivity index (χ3v) is 4.95. The lowest BCUT2D eigenvalue weighted by molar-refractivity contribution is -0.111. The first-order valence-electron chi connectivity index (χ1n) is 6.80. The second-order valence-electron chi connectivity index (χ2n) is 5.98. The molecule has 20 heavy (non-hydrogen) atoms. The summed E-state index contributed by atoms with van der Waals surface area (Å²) in [6, 6.07) is 6.35. The molecule has 1 aromatic heterocycles. The second-order valence-corrected chi connectivity index (χ2v) is 6.37. The van der Waals surface area contributed by atoms with Crippen molar-refractivity contribution in [3.8, 4) is 5.75 Å². The number of hydrogen-bond acceptors (Lipinski definition) is 3. The van der Waals surface area contributed by atoms with Crippen LogP contribution in [0.5, 0.6) is 5.75 Å². The van der Waals surface area contributed by atoms with Crippen LogP contribution < -0.4 is 4.74 Å². The number of H-pyrrole nitrogens is 1. The summed E-state index contributed by atoms with van der Waals surface area (Å²) in [5.41, 5.74) is 2.22. The average Bonchev–Trinajstić information content (AvgIpc) is 2.74. The number of benzene rings is 1. The topological polar surface area (TPSA) is 39.2 Å². The predicted octanol–water partition coefficient (Wildman–Crippen LogP) is 3.69. The molecule has 4 nitrogen and oxygen atoms in total. The van der Waals surface area contributed by atoms with Gasteiger partial charge in [0.2, 0.25) is 0 Å².